The van der Waals surface area contributed by atoms with E-state index in [9.17, 15) is 0 Å². The van der Waals surface area contributed by atoms with E-state index in [1.165, 1.54) is 0 Å². The summed E-state index contributed by atoms with van der Waals surface area (Å²) in [5, 5.41) is 0. The molecule has 8 heavy (non-hydrogen) atoms. The van der Waals surface area contributed by atoms with Crippen LogP contribution < -0.4 is 11.5 Å². The summed E-state index contributed by atoms with van der Waals surface area (Å²) in [5.74, 6) is 0. The fourth-order valence-corrected chi connectivity index (χ4v) is 0.118. The number of hydrogen-bond donors (Lipinski definition) is 2. The van der Waals surface area contributed by atoms with Gasteiger partial charge < -0.3 is 11.5 Å². The van der Waals surface area contributed by atoms with Crippen LogP contribution in [0.5, 0.6) is 0 Å². The average Bonchev–Trinajstić information content (AvgIpc) is 1.71. The Labute approximate surface area is 79.7 Å². The standard InChI is InChI=1S/C3H10N2.2HI.Pt/c4-2-1-3-5;;;/h1-5H2;2*1H;/q;;;+2/p-2. The normalized spacial score (nSPS) is 8.00. The molecule has 4 N–H and O–H groups in total. The number of nitrogens with two attached hydrogens (primary N) is 2. The fourth-order valence-electron chi connectivity index (χ4n) is 0.118. The van der Waals surface area contributed by atoms with Crippen LogP contribution in [0.2, 0.25) is 0 Å². The van der Waals surface area contributed by atoms with Gasteiger partial charge in [0.05, 0.1) is 0 Å². The monoisotopic (exact) mass is 523 g/mol. The summed E-state index contributed by atoms with van der Waals surface area (Å²) in [5.41, 5.74) is 10.1. The van der Waals surface area contributed by atoms with Crippen LogP contribution in [0.25, 0.3) is 0 Å². The van der Waals surface area contributed by atoms with Crippen molar-refractivity contribution in [3.8, 4) is 0 Å². The summed E-state index contributed by atoms with van der Waals surface area (Å²) in [6.45, 7) is 1.44. The molecule has 5 heteroatoms. The molecule has 0 saturated heterocycles. The molecule has 0 bridgehead atoms. The van der Waals surface area contributed by atoms with Crippen LogP contribution in [0, 0.1) is 0 Å². The minimum absolute atomic E-state index is 0.523. The van der Waals surface area contributed by atoms with E-state index in [-0.39, 0.29) is 0 Å². The number of halogens is 2. The van der Waals surface area contributed by atoms with Gasteiger partial charge in [-0.25, -0.2) is 0 Å². The molecule has 2 nitrogen and oxygen atoms in total. The molecule has 0 spiro atoms. The van der Waals surface area contributed by atoms with E-state index >= 15 is 0 Å². The molecule has 0 amide bonds. The molecule has 0 aromatic carbocycles. The van der Waals surface area contributed by atoms with Gasteiger partial charge in [-0.2, -0.15) is 0 Å². The molecule has 0 saturated carbocycles. The van der Waals surface area contributed by atoms with Crippen molar-refractivity contribution >= 4 is 38.7 Å². The van der Waals surface area contributed by atoms with Crippen molar-refractivity contribution in [1.82, 2.24) is 0 Å². The zero-order chi connectivity index (χ0) is 6.83. The van der Waals surface area contributed by atoms with Crippen LogP contribution in [0.4, 0.5) is 0 Å². The third kappa shape index (κ3) is 24.4. The van der Waals surface area contributed by atoms with E-state index < -0.39 is 0 Å². The Hall–Kier alpha value is 2.07. The van der Waals surface area contributed by atoms with Gasteiger partial charge in [-0.1, -0.05) is 0 Å². The Bertz CT molecular complexity index is 29.2. The second kappa shape index (κ2) is 16.0. The Morgan fingerprint density at radius 3 is 1.38 bits per heavy atom. The van der Waals surface area contributed by atoms with Crippen molar-refractivity contribution in [2.75, 3.05) is 13.1 Å². The number of rotatable bonds is 2. The molecule has 0 aliphatic carbocycles. The summed E-state index contributed by atoms with van der Waals surface area (Å²) < 4.78 is 0. The van der Waals surface area contributed by atoms with Crippen LogP contribution in [-0.2, 0) is 11.2 Å². The quantitative estimate of drug-likeness (QED) is 0.533. The van der Waals surface area contributed by atoms with Crippen molar-refractivity contribution in [3.05, 3.63) is 0 Å². The fraction of sp³-hybridized carbons (Fsp3) is 1.00. The molecule has 0 heterocycles. The molecular formula is C3H10I2N2Pt. The molecule has 0 unspecified atom stereocenters. The maximum atomic E-state index is 5.06. The van der Waals surface area contributed by atoms with E-state index in [0.717, 1.165) is 19.5 Å². The molecular weight excluding hydrogens is 513 g/mol. The van der Waals surface area contributed by atoms with Crippen molar-refractivity contribution < 1.29 is 11.2 Å². The van der Waals surface area contributed by atoms with E-state index in [1.54, 1.807) is 0 Å². The van der Waals surface area contributed by atoms with Gasteiger partial charge in [-0.3, -0.25) is 0 Å². The Balaban J connectivity index is 0. The second-order valence-corrected chi connectivity index (χ2v) is 17.6. The van der Waals surface area contributed by atoms with Crippen molar-refractivity contribution in [2.45, 2.75) is 6.42 Å². The van der Waals surface area contributed by atoms with E-state index in [0.29, 0.717) is 11.2 Å². The summed E-state index contributed by atoms with van der Waals surface area (Å²) in [4.78, 5) is 0. The third-order valence-electron chi connectivity index (χ3n) is 0.408. The van der Waals surface area contributed by atoms with Gasteiger partial charge in [-0.15, -0.1) is 0 Å². The van der Waals surface area contributed by atoms with Gasteiger partial charge in [0.2, 0.25) is 0 Å². The average molecular weight is 523 g/mol. The van der Waals surface area contributed by atoms with E-state index in [2.05, 4.69) is 38.7 Å². The Kier molecular flexibility index (Phi) is 25.5. The van der Waals surface area contributed by atoms with Gasteiger partial charge in [0, 0.05) is 0 Å². The molecule has 0 aliphatic rings. The maximum absolute atomic E-state index is 5.06. The van der Waals surface area contributed by atoms with Crippen LogP contribution in [0.1, 0.15) is 6.42 Å². The third-order valence-corrected chi connectivity index (χ3v) is 0.408. The van der Waals surface area contributed by atoms with Crippen LogP contribution in [-0.4, -0.2) is 13.1 Å². The van der Waals surface area contributed by atoms with Crippen LogP contribution in [0.3, 0.4) is 0 Å². The minimum atomic E-state index is 0.523. The summed E-state index contributed by atoms with van der Waals surface area (Å²) in [7, 11) is 0. The van der Waals surface area contributed by atoms with Gasteiger partial charge in [0.25, 0.3) is 0 Å². The molecule has 0 aliphatic heterocycles. The predicted molar refractivity (Wildman–Crippen MR) is 50.8 cm³/mol. The predicted octanol–water partition coefficient (Wildman–Crippen LogP) is 1.06. The molecule has 0 atom stereocenters. The number of hydrogen-bond acceptors (Lipinski definition) is 2. The van der Waals surface area contributed by atoms with Gasteiger partial charge in [0.15, 0.2) is 0 Å². The first-order chi connectivity index (χ1) is 3.83. The molecule has 0 aromatic heterocycles. The summed E-state index contributed by atoms with van der Waals surface area (Å²) in [6.07, 6.45) is 0.944. The molecule has 0 aromatic rings. The summed E-state index contributed by atoms with van der Waals surface area (Å²) in [6, 6.07) is 0. The van der Waals surface area contributed by atoms with Gasteiger partial charge >= 0.3 is 49.9 Å². The van der Waals surface area contributed by atoms with E-state index in [4.69, 9.17) is 11.5 Å². The van der Waals surface area contributed by atoms with Crippen molar-refractivity contribution in [3.63, 3.8) is 0 Å². The Morgan fingerprint density at radius 2 is 1.38 bits per heavy atom. The zero-order valence-electron chi connectivity index (χ0n) is 4.35. The van der Waals surface area contributed by atoms with Gasteiger partial charge in [-0.05, 0) is 19.5 Å². The topological polar surface area (TPSA) is 52.0 Å². The van der Waals surface area contributed by atoms with Crippen molar-refractivity contribution in [1.29, 1.82) is 0 Å². The second-order valence-electron chi connectivity index (χ2n) is 0.976. The van der Waals surface area contributed by atoms with Crippen LogP contribution >= 0.6 is 38.7 Å². The first kappa shape index (κ1) is 12.7. The van der Waals surface area contributed by atoms with E-state index in [1.807, 2.05) is 0 Å². The molecule has 56 valence electrons. The first-order valence-corrected chi connectivity index (χ1v) is 14.9. The van der Waals surface area contributed by atoms with Gasteiger partial charge in [0.1, 0.15) is 0 Å². The van der Waals surface area contributed by atoms with Crippen LogP contribution in [0.15, 0.2) is 0 Å². The zero-order valence-corrected chi connectivity index (χ0v) is 10.9. The molecule has 0 radical (unpaired) electrons. The Morgan fingerprint density at radius 1 is 1.12 bits per heavy atom. The molecule has 0 fully saturated rings. The molecule has 0 rings (SSSR count). The SMILES string of the molecule is NCCCN.[I][Pt][I]. The van der Waals surface area contributed by atoms with Crippen molar-refractivity contribution in [2.24, 2.45) is 11.5 Å². The first-order valence-electron chi connectivity index (χ1n) is 2.06. The summed E-state index contributed by atoms with van der Waals surface area (Å²) >= 11 is 5.30.